The number of carbonyl (C=O) groups excluding carboxylic acids is 2. The molecular weight excluding hydrogens is 414 g/mol. The van der Waals surface area contributed by atoms with Gasteiger partial charge >= 0.3 is 0 Å². The minimum absolute atomic E-state index is 0.0355. The summed E-state index contributed by atoms with van der Waals surface area (Å²) in [5, 5.41) is 14.6. The number of carbonyl (C=O) groups is 2. The molecule has 1 fully saturated rings. The molecule has 3 aromatic carbocycles. The third-order valence-corrected chi connectivity index (χ3v) is 5.73. The Morgan fingerprint density at radius 2 is 1.70 bits per heavy atom. The van der Waals surface area contributed by atoms with Gasteiger partial charge in [-0.25, -0.2) is 0 Å². The van der Waals surface area contributed by atoms with Gasteiger partial charge < -0.3 is 15.4 Å². The van der Waals surface area contributed by atoms with Gasteiger partial charge in [0.05, 0.1) is 12.5 Å². The van der Waals surface area contributed by atoms with Crippen LogP contribution in [0.2, 0.25) is 0 Å². The third kappa shape index (κ3) is 5.78. The van der Waals surface area contributed by atoms with E-state index in [2.05, 4.69) is 23.6 Å². The molecule has 6 heteroatoms. The number of para-hydroxylation sites is 1. The molecule has 0 aliphatic heterocycles. The highest BCUT2D eigenvalue weighted by molar-refractivity contribution is 6.05. The summed E-state index contributed by atoms with van der Waals surface area (Å²) in [5.41, 5.74) is 3.63. The van der Waals surface area contributed by atoms with Gasteiger partial charge in [-0.05, 0) is 60.4 Å². The lowest BCUT2D eigenvalue weighted by Gasteiger charge is -2.13. The van der Waals surface area contributed by atoms with Crippen LogP contribution >= 0.6 is 0 Å². The number of nitriles is 1. The Morgan fingerprint density at radius 1 is 1.00 bits per heavy atom. The number of nitrogens with one attached hydrogen (secondary N) is 2. The van der Waals surface area contributed by atoms with E-state index in [0.29, 0.717) is 41.6 Å². The number of amides is 2. The lowest BCUT2D eigenvalue weighted by Crippen LogP contribution is -2.16. The maximum absolute atomic E-state index is 12.8. The number of nitrogens with zero attached hydrogens (tertiary/aromatic N) is 1. The Morgan fingerprint density at radius 3 is 2.36 bits per heavy atom. The van der Waals surface area contributed by atoms with Crippen LogP contribution in [0.1, 0.15) is 34.8 Å². The Hall–Kier alpha value is -4.11. The molecule has 0 heterocycles. The van der Waals surface area contributed by atoms with Crippen molar-refractivity contribution in [3.05, 3.63) is 89.5 Å². The normalized spacial score (nSPS) is 16.4. The molecule has 166 valence electrons. The highest BCUT2D eigenvalue weighted by atomic mass is 16.5. The lowest BCUT2D eigenvalue weighted by atomic mass is 10.1. The third-order valence-electron chi connectivity index (χ3n) is 5.73. The van der Waals surface area contributed by atoms with Crippen LogP contribution in [0.3, 0.4) is 0 Å². The Labute approximate surface area is 193 Å². The Kier molecular flexibility index (Phi) is 6.70. The molecule has 2 unspecified atom stereocenters. The first-order valence-corrected chi connectivity index (χ1v) is 10.9. The van der Waals surface area contributed by atoms with Gasteiger partial charge in [-0.3, -0.25) is 9.59 Å². The smallest absolute Gasteiger partial charge is 0.255 e. The molecule has 0 bridgehead atoms. The van der Waals surface area contributed by atoms with Gasteiger partial charge in [0.1, 0.15) is 12.4 Å². The summed E-state index contributed by atoms with van der Waals surface area (Å²) >= 11 is 0. The van der Waals surface area contributed by atoms with E-state index in [4.69, 9.17) is 10.00 Å². The molecule has 3 aromatic rings. The van der Waals surface area contributed by atoms with Crippen LogP contribution < -0.4 is 15.4 Å². The number of hydrogen-bond acceptors (Lipinski definition) is 4. The Bertz CT molecular complexity index is 1180. The minimum atomic E-state index is -0.239. The van der Waals surface area contributed by atoms with Crippen molar-refractivity contribution in [2.24, 2.45) is 11.8 Å². The average Bonchev–Trinajstić information content (AvgIpc) is 3.57. The van der Waals surface area contributed by atoms with Crippen molar-refractivity contribution in [3.8, 4) is 11.8 Å². The Balaban J connectivity index is 1.36. The molecule has 1 aliphatic rings. The molecular formula is C27H25N3O3. The van der Waals surface area contributed by atoms with Crippen LogP contribution in [0, 0.1) is 23.2 Å². The van der Waals surface area contributed by atoms with Crippen LogP contribution in [-0.2, 0) is 17.8 Å². The second-order valence-corrected chi connectivity index (χ2v) is 8.26. The van der Waals surface area contributed by atoms with Crippen molar-refractivity contribution in [1.29, 1.82) is 5.26 Å². The van der Waals surface area contributed by atoms with E-state index < -0.39 is 0 Å². The predicted octanol–water partition coefficient (Wildman–Crippen LogP) is 5.18. The number of anilines is 2. The second kappa shape index (κ2) is 10.0. The minimum Gasteiger partial charge on any atom is -0.489 e. The van der Waals surface area contributed by atoms with Crippen molar-refractivity contribution in [2.45, 2.75) is 26.4 Å². The summed E-state index contributed by atoms with van der Waals surface area (Å²) in [6, 6.07) is 23.9. The highest BCUT2D eigenvalue weighted by Gasteiger charge is 2.39. The van der Waals surface area contributed by atoms with Crippen molar-refractivity contribution in [3.63, 3.8) is 0 Å². The predicted molar refractivity (Wildman–Crippen MR) is 127 cm³/mol. The molecule has 2 amide bonds. The summed E-state index contributed by atoms with van der Waals surface area (Å²) in [6.45, 7) is 2.35. The zero-order chi connectivity index (χ0) is 23.2. The van der Waals surface area contributed by atoms with Crippen LogP contribution in [0.15, 0.2) is 72.8 Å². The molecule has 2 atom stereocenters. The molecule has 0 aromatic heterocycles. The van der Waals surface area contributed by atoms with Crippen LogP contribution in [0.5, 0.6) is 5.75 Å². The fraction of sp³-hybridized carbons (Fsp3) is 0.222. The maximum atomic E-state index is 12.8. The first kappa shape index (κ1) is 22.1. The molecule has 1 aliphatic carbocycles. The molecule has 0 spiro atoms. The summed E-state index contributed by atoms with van der Waals surface area (Å²) in [5.74, 6) is 1.03. The van der Waals surface area contributed by atoms with Crippen LogP contribution in [0.4, 0.5) is 11.4 Å². The van der Waals surface area contributed by atoms with Gasteiger partial charge in [-0.1, -0.05) is 37.3 Å². The van der Waals surface area contributed by atoms with Crippen molar-refractivity contribution < 1.29 is 14.3 Å². The largest absolute Gasteiger partial charge is 0.489 e. The van der Waals surface area contributed by atoms with Gasteiger partial charge in [0, 0.05) is 28.4 Å². The van der Waals surface area contributed by atoms with Crippen LogP contribution in [-0.4, -0.2) is 11.8 Å². The second-order valence-electron chi connectivity index (χ2n) is 8.26. The van der Waals surface area contributed by atoms with Gasteiger partial charge in [-0.2, -0.15) is 5.26 Å². The van der Waals surface area contributed by atoms with E-state index in [1.807, 2.05) is 48.5 Å². The lowest BCUT2D eigenvalue weighted by molar-refractivity contribution is -0.117. The number of hydrogen-bond donors (Lipinski definition) is 2. The molecule has 0 radical (unpaired) electrons. The van der Waals surface area contributed by atoms with Crippen molar-refractivity contribution in [2.75, 3.05) is 10.6 Å². The van der Waals surface area contributed by atoms with Crippen molar-refractivity contribution in [1.82, 2.24) is 0 Å². The van der Waals surface area contributed by atoms with Gasteiger partial charge in [0.25, 0.3) is 5.91 Å². The molecule has 6 nitrogen and oxygen atoms in total. The molecule has 33 heavy (non-hydrogen) atoms. The first-order chi connectivity index (χ1) is 16.0. The van der Waals surface area contributed by atoms with E-state index in [1.54, 1.807) is 24.3 Å². The van der Waals surface area contributed by atoms with E-state index in [0.717, 1.165) is 17.5 Å². The molecule has 4 rings (SSSR count). The van der Waals surface area contributed by atoms with E-state index >= 15 is 0 Å². The maximum Gasteiger partial charge on any atom is 0.255 e. The van der Waals surface area contributed by atoms with Gasteiger partial charge in [-0.15, -0.1) is 0 Å². The van der Waals surface area contributed by atoms with E-state index in [1.165, 1.54) is 0 Å². The number of rotatable bonds is 8. The highest BCUT2D eigenvalue weighted by Crippen LogP contribution is 2.38. The fourth-order valence-corrected chi connectivity index (χ4v) is 3.55. The summed E-state index contributed by atoms with van der Waals surface area (Å²) < 4.78 is 5.86. The monoisotopic (exact) mass is 439 g/mol. The standard InChI is InChI=1S/C27H25N3O3/c1-18-16-24(18)27(32)29-22-10-8-20(9-11-22)26(31)30-25-5-3-2-4-21(25)17-33-23-12-6-19(7-13-23)14-15-28/h2-13,18,24H,14,16-17H2,1H3,(H,29,32)(H,30,31). The zero-order valence-corrected chi connectivity index (χ0v) is 18.4. The van der Waals surface area contributed by atoms with Gasteiger partial charge in [0.15, 0.2) is 0 Å². The summed E-state index contributed by atoms with van der Waals surface area (Å²) in [6.07, 6.45) is 1.30. The quantitative estimate of drug-likeness (QED) is 0.506. The number of benzene rings is 3. The first-order valence-electron chi connectivity index (χ1n) is 10.9. The average molecular weight is 440 g/mol. The van der Waals surface area contributed by atoms with Crippen molar-refractivity contribution >= 4 is 23.2 Å². The van der Waals surface area contributed by atoms with E-state index in [-0.39, 0.29) is 17.7 Å². The SMILES string of the molecule is CC1CC1C(=O)Nc1ccc(C(=O)Nc2ccccc2COc2ccc(CC#N)cc2)cc1. The van der Waals surface area contributed by atoms with Crippen LogP contribution in [0.25, 0.3) is 0 Å². The topological polar surface area (TPSA) is 91.2 Å². The summed E-state index contributed by atoms with van der Waals surface area (Å²) in [7, 11) is 0. The molecule has 0 saturated heterocycles. The summed E-state index contributed by atoms with van der Waals surface area (Å²) in [4.78, 5) is 24.8. The van der Waals surface area contributed by atoms with E-state index in [9.17, 15) is 9.59 Å². The number of ether oxygens (including phenoxy) is 1. The fourth-order valence-electron chi connectivity index (χ4n) is 3.55. The van der Waals surface area contributed by atoms with Gasteiger partial charge in [0.2, 0.25) is 5.91 Å². The zero-order valence-electron chi connectivity index (χ0n) is 18.4. The molecule has 2 N–H and O–H groups in total. The molecule has 1 saturated carbocycles.